The Hall–Kier alpha value is -1.79. The smallest absolute Gasteiger partial charge is 0.204 e. The molecular formula is C14H18FN3O2. The first-order valence-corrected chi connectivity index (χ1v) is 6.58. The summed E-state index contributed by atoms with van der Waals surface area (Å²) < 4.78 is 26.2. The molecule has 0 aliphatic carbocycles. The Kier molecular flexibility index (Phi) is 4.81. The Morgan fingerprint density at radius 1 is 1.25 bits per heavy atom. The van der Waals surface area contributed by atoms with Gasteiger partial charge in [0.2, 0.25) is 6.29 Å². The molecule has 0 radical (unpaired) electrons. The number of ether oxygens (including phenoxy) is 2. The van der Waals surface area contributed by atoms with Gasteiger partial charge in [-0.3, -0.25) is 0 Å². The van der Waals surface area contributed by atoms with Crippen LogP contribution in [0.2, 0.25) is 0 Å². The van der Waals surface area contributed by atoms with E-state index >= 15 is 0 Å². The number of benzene rings is 1. The maximum Gasteiger partial charge on any atom is 0.204 e. The average molecular weight is 279 g/mol. The highest BCUT2D eigenvalue weighted by atomic mass is 19.1. The SMILES string of the molecule is CCOC(OCC)c1cn(-c2c(C)cccc2F)nn1. The maximum atomic E-state index is 13.9. The van der Waals surface area contributed by atoms with E-state index in [9.17, 15) is 4.39 Å². The molecule has 0 unspecified atom stereocenters. The quantitative estimate of drug-likeness (QED) is 0.763. The third kappa shape index (κ3) is 3.02. The Bertz CT molecular complexity index is 545. The second-order valence-electron chi connectivity index (χ2n) is 4.24. The third-order valence-corrected chi connectivity index (χ3v) is 2.81. The lowest BCUT2D eigenvalue weighted by molar-refractivity contribution is -0.142. The molecule has 1 heterocycles. The van der Waals surface area contributed by atoms with Gasteiger partial charge >= 0.3 is 0 Å². The van der Waals surface area contributed by atoms with Gasteiger partial charge in [0.15, 0.2) is 0 Å². The normalized spacial score (nSPS) is 11.2. The van der Waals surface area contributed by atoms with Crippen LogP contribution in [0.25, 0.3) is 5.69 Å². The van der Waals surface area contributed by atoms with Crippen LogP contribution >= 0.6 is 0 Å². The van der Waals surface area contributed by atoms with E-state index in [4.69, 9.17) is 9.47 Å². The summed E-state index contributed by atoms with van der Waals surface area (Å²) in [5, 5.41) is 7.97. The van der Waals surface area contributed by atoms with Crippen LogP contribution in [0.3, 0.4) is 0 Å². The van der Waals surface area contributed by atoms with Crippen LogP contribution in [-0.4, -0.2) is 28.2 Å². The summed E-state index contributed by atoms with van der Waals surface area (Å²) in [5.74, 6) is -0.342. The average Bonchev–Trinajstić information content (AvgIpc) is 2.87. The van der Waals surface area contributed by atoms with E-state index in [1.165, 1.54) is 10.7 Å². The zero-order valence-corrected chi connectivity index (χ0v) is 11.8. The highest BCUT2D eigenvalue weighted by Crippen LogP contribution is 2.20. The molecule has 20 heavy (non-hydrogen) atoms. The lowest BCUT2D eigenvalue weighted by atomic mass is 10.2. The number of para-hydroxylation sites is 1. The van der Waals surface area contributed by atoms with Gasteiger partial charge in [0.05, 0.1) is 6.20 Å². The van der Waals surface area contributed by atoms with Crippen molar-refractivity contribution in [1.82, 2.24) is 15.0 Å². The molecular weight excluding hydrogens is 261 g/mol. The van der Waals surface area contributed by atoms with Gasteiger partial charge < -0.3 is 9.47 Å². The fourth-order valence-corrected chi connectivity index (χ4v) is 1.93. The molecule has 0 amide bonds. The van der Waals surface area contributed by atoms with E-state index in [-0.39, 0.29) is 5.82 Å². The molecule has 0 aliphatic rings. The van der Waals surface area contributed by atoms with Crippen LogP contribution in [0, 0.1) is 12.7 Å². The van der Waals surface area contributed by atoms with Crippen LogP contribution in [0.15, 0.2) is 24.4 Å². The predicted octanol–water partition coefficient (Wildman–Crippen LogP) is 2.79. The summed E-state index contributed by atoms with van der Waals surface area (Å²) in [6.07, 6.45) is 1.05. The molecule has 5 nitrogen and oxygen atoms in total. The highest BCUT2D eigenvalue weighted by Gasteiger charge is 2.17. The molecule has 2 rings (SSSR count). The van der Waals surface area contributed by atoms with Crippen LogP contribution in [0.4, 0.5) is 4.39 Å². The van der Waals surface area contributed by atoms with E-state index in [1.807, 2.05) is 26.8 Å². The summed E-state index contributed by atoms with van der Waals surface area (Å²) in [6.45, 7) is 6.56. The molecule has 0 aliphatic heterocycles. The lowest BCUT2D eigenvalue weighted by Crippen LogP contribution is -2.09. The van der Waals surface area contributed by atoms with Crippen molar-refractivity contribution in [3.8, 4) is 5.69 Å². The first-order valence-electron chi connectivity index (χ1n) is 6.58. The van der Waals surface area contributed by atoms with Crippen molar-refractivity contribution >= 4 is 0 Å². The topological polar surface area (TPSA) is 49.2 Å². The fourth-order valence-electron chi connectivity index (χ4n) is 1.93. The summed E-state index contributed by atoms with van der Waals surface area (Å²) in [7, 11) is 0. The van der Waals surface area contributed by atoms with Crippen molar-refractivity contribution in [3.63, 3.8) is 0 Å². The van der Waals surface area contributed by atoms with Gasteiger partial charge in [-0.25, -0.2) is 9.07 Å². The Morgan fingerprint density at radius 3 is 2.55 bits per heavy atom. The van der Waals surface area contributed by atoms with E-state index in [0.29, 0.717) is 24.6 Å². The van der Waals surface area contributed by atoms with Crippen LogP contribution in [-0.2, 0) is 9.47 Å². The van der Waals surface area contributed by atoms with Crippen LogP contribution in [0.5, 0.6) is 0 Å². The molecule has 1 aromatic heterocycles. The molecule has 0 atom stereocenters. The maximum absolute atomic E-state index is 13.9. The molecule has 0 saturated heterocycles. The molecule has 0 saturated carbocycles. The second kappa shape index (κ2) is 6.58. The van der Waals surface area contributed by atoms with Gasteiger partial charge in [-0.2, -0.15) is 0 Å². The molecule has 0 bridgehead atoms. The molecule has 6 heteroatoms. The summed E-state index contributed by atoms with van der Waals surface area (Å²) >= 11 is 0. The van der Waals surface area contributed by atoms with Crippen molar-refractivity contribution in [2.45, 2.75) is 27.1 Å². The first-order chi connectivity index (χ1) is 9.67. The molecule has 0 spiro atoms. The minimum atomic E-state index is -0.578. The van der Waals surface area contributed by atoms with Gasteiger partial charge in [-0.1, -0.05) is 17.3 Å². The Labute approximate surface area is 117 Å². The molecule has 0 N–H and O–H groups in total. The number of rotatable bonds is 6. The predicted molar refractivity (Wildman–Crippen MR) is 72.0 cm³/mol. The minimum absolute atomic E-state index is 0.342. The molecule has 0 fully saturated rings. The molecule has 2 aromatic rings. The number of halogens is 1. The van der Waals surface area contributed by atoms with Crippen molar-refractivity contribution < 1.29 is 13.9 Å². The van der Waals surface area contributed by atoms with Gasteiger partial charge in [0.1, 0.15) is 17.2 Å². The Balaban J connectivity index is 2.32. The van der Waals surface area contributed by atoms with Crippen LogP contribution in [0.1, 0.15) is 31.4 Å². The zero-order chi connectivity index (χ0) is 14.5. The monoisotopic (exact) mass is 279 g/mol. The van der Waals surface area contributed by atoms with Crippen LogP contribution < -0.4 is 0 Å². The van der Waals surface area contributed by atoms with Gasteiger partial charge in [0, 0.05) is 13.2 Å². The van der Waals surface area contributed by atoms with E-state index < -0.39 is 6.29 Å². The fraction of sp³-hybridized carbons (Fsp3) is 0.429. The van der Waals surface area contributed by atoms with E-state index in [0.717, 1.165) is 5.56 Å². The number of aryl methyl sites for hydroxylation is 1. The van der Waals surface area contributed by atoms with Crippen molar-refractivity contribution in [2.75, 3.05) is 13.2 Å². The Morgan fingerprint density at radius 2 is 1.95 bits per heavy atom. The number of hydrogen-bond donors (Lipinski definition) is 0. The first kappa shape index (κ1) is 14.6. The van der Waals surface area contributed by atoms with E-state index in [2.05, 4.69) is 10.3 Å². The second-order valence-corrected chi connectivity index (χ2v) is 4.24. The summed E-state index contributed by atoms with van der Waals surface area (Å²) in [6, 6.07) is 4.88. The number of aromatic nitrogens is 3. The third-order valence-electron chi connectivity index (χ3n) is 2.81. The van der Waals surface area contributed by atoms with E-state index in [1.54, 1.807) is 12.3 Å². The highest BCUT2D eigenvalue weighted by molar-refractivity contribution is 5.40. The van der Waals surface area contributed by atoms with Crippen molar-refractivity contribution in [2.24, 2.45) is 0 Å². The van der Waals surface area contributed by atoms with Crippen molar-refractivity contribution in [1.29, 1.82) is 0 Å². The number of hydrogen-bond acceptors (Lipinski definition) is 4. The lowest BCUT2D eigenvalue weighted by Gasteiger charge is -2.13. The standard InChI is InChI=1S/C14H18FN3O2/c1-4-19-14(20-5-2)12-9-18(17-16-12)13-10(3)7-6-8-11(13)15/h6-9,14H,4-5H2,1-3H3. The van der Waals surface area contributed by atoms with Crippen molar-refractivity contribution in [3.05, 3.63) is 41.5 Å². The summed E-state index contributed by atoms with van der Waals surface area (Å²) in [4.78, 5) is 0. The van der Waals surface area contributed by atoms with Gasteiger partial charge in [-0.15, -0.1) is 5.10 Å². The van der Waals surface area contributed by atoms with Gasteiger partial charge in [0.25, 0.3) is 0 Å². The molecule has 1 aromatic carbocycles. The molecule has 108 valence electrons. The minimum Gasteiger partial charge on any atom is -0.347 e. The summed E-state index contributed by atoms with van der Waals surface area (Å²) in [5.41, 5.74) is 1.69. The zero-order valence-electron chi connectivity index (χ0n) is 11.8. The largest absolute Gasteiger partial charge is 0.347 e. The van der Waals surface area contributed by atoms with Gasteiger partial charge in [-0.05, 0) is 32.4 Å². The number of nitrogens with zero attached hydrogens (tertiary/aromatic N) is 3.